The van der Waals surface area contributed by atoms with Gasteiger partial charge in [-0.1, -0.05) is 48.5 Å². The Balaban J connectivity index is 0.00000225. The first-order chi connectivity index (χ1) is 11.5. The third-order valence-electron chi connectivity index (χ3n) is 3.68. The Morgan fingerprint density at radius 1 is 1.14 bits per heavy atom. The van der Waals surface area contributed by atoms with E-state index in [9.17, 15) is 0 Å². The SMILES string of the molecule is Cl.[2H][13C]([2H])([2H])N(C)CC/C=C1\c2ccccc2COc2ccccc21. The molecule has 3 heteroatoms. The summed E-state index contributed by atoms with van der Waals surface area (Å²) in [6.07, 6.45) is 2.78. The maximum Gasteiger partial charge on any atom is 0.127 e. The van der Waals surface area contributed by atoms with Gasteiger partial charge in [0.25, 0.3) is 0 Å². The maximum atomic E-state index is 7.45. The number of hydrogen-bond donors (Lipinski definition) is 0. The van der Waals surface area contributed by atoms with Crippen molar-refractivity contribution in [2.45, 2.75) is 13.0 Å². The van der Waals surface area contributed by atoms with Crippen molar-refractivity contribution in [1.29, 1.82) is 0 Å². The molecule has 1 heterocycles. The van der Waals surface area contributed by atoms with Gasteiger partial charge >= 0.3 is 0 Å². The molecular weight excluding hydrogens is 295 g/mol. The van der Waals surface area contributed by atoms with Gasteiger partial charge in [0.05, 0.1) is 0 Å². The van der Waals surface area contributed by atoms with Crippen LogP contribution in [0, 0.1) is 0 Å². The zero-order chi connectivity index (χ0) is 17.2. The number of ether oxygens (including phenoxy) is 1. The van der Waals surface area contributed by atoms with Gasteiger partial charge in [0.2, 0.25) is 0 Å². The first-order valence-electron chi connectivity index (χ1n) is 8.69. The second-order valence-electron chi connectivity index (χ2n) is 5.27. The van der Waals surface area contributed by atoms with Crippen molar-refractivity contribution in [1.82, 2.24) is 4.90 Å². The van der Waals surface area contributed by atoms with Crippen molar-refractivity contribution in [3.63, 3.8) is 0 Å². The number of rotatable bonds is 3. The van der Waals surface area contributed by atoms with Gasteiger partial charge in [-0.25, -0.2) is 0 Å². The lowest BCUT2D eigenvalue weighted by molar-refractivity contribution is 0.307. The predicted octanol–water partition coefficient (Wildman–Crippen LogP) is 4.38. The molecular formula is C19H22ClNO. The Bertz CT molecular complexity index is 709. The van der Waals surface area contributed by atoms with Crippen LogP contribution >= 0.6 is 12.4 Å². The molecule has 2 aromatic carbocycles. The fourth-order valence-corrected chi connectivity index (χ4v) is 2.65. The summed E-state index contributed by atoms with van der Waals surface area (Å²) >= 11 is 0. The molecule has 0 amide bonds. The predicted molar refractivity (Wildman–Crippen MR) is 94.7 cm³/mol. The van der Waals surface area contributed by atoms with Crippen molar-refractivity contribution in [3.05, 3.63) is 71.3 Å². The first-order valence-corrected chi connectivity index (χ1v) is 7.19. The molecule has 1 aliphatic rings. The molecule has 1 aliphatic heterocycles. The summed E-state index contributed by atoms with van der Waals surface area (Å²) in [4.78, 5) is 1.40. The fourth-order valence-electron chi connectivity index (χ4n) is 2.65. The molecule has 116 valence electrons. The topological polar surface area (TPSA) is 12.5 Å². The molecule has 0 saturated carbocycles. The highest BCUT2D eigenvalue weighted by Gasteiger charge is 2.17. The largest absolute Gasteiger partial charge is 0.488 e. The summed E-state index contributed by atoms with van der Waals surface area (Å²) in [5.41, 5.74) is 4.46. The van der Waals surface area contributed by atoms with Crippen LogP contribution in [-0.4, -0.2) is 25.5 Å². The molecule has 2 nitrogen and oxygen atoms in total. The van der Waals surface area contributed by atoms with Crippen LogP contribution in [0.3, 0.4) is 0 Å². The zero-order valence-corrected chi connectivity index (χ0v) is 13.4. The molecule has 0 aliphatic carbocycles. The minimum atomic E-state index is -2.05. The van der Waals surface area contributed by atoms with E-state index >= 15 is 0 Å². The van der Waals surface area contributed by atoms with Gasteiger partial charge in [0.15, 0.2) is 0 Å². The van der Waals surface area contributed by atoms with Crippen LogP contribution in [0.5, 0.6) is 5.75 Å². The van der Waals surface area contributed by atoms with Crippen LogP contribution < -0.4 is 4.74 Å². The normalized spacial score (nSPS) is 17.2. The van der Waals surface area contributed by atoms with Crippen LogP contribution in [0.25, 0.3) is 5.57 Å². The van der Waals surface area contributed by atoms with Crippen LogP contribution in [0.1, 0.15) is 27.2 Å². The van der Waals surface area contributed by atoms with Gasteiger partial charge in [-0.2, -0.15) is 0 Å². The van der Waals surface area contributed by atoms with E-state index in [-0.39, 0.29) is 12.4 Å². The lowest BCUT2D eigenvalue weighted by Crippen LogP contribution is -2.12. The minimum absolute atomic E-state index is 0. The molecule has 0 radical (unpaired) electrons. The summed E-state index contributed by atoms with van der Waals surface area (Å²) in [5, 5.41) is 0. The molecule has 0 fully saturated rings. The standard InChI is InChI=1S/C19H21NO.ClH/c1-20(2)13-7-11-17-16-9-4-3-8-15(16)14-21-19-12-6-5-10-18(17)19;/h3-6,8-12H,7,13-14H2,1-2H3;1H/b17-11+;/i1+1D3;. The average Bonchev–Trinajstić information content (AvgIpc) is 2.72. The van der Waals surface area contributed by atoms with Crippen LogP contribution in [0.4, 0.5) is 0 Å². The Hall–Kier alpha value is -1.77. The van der Waals surface area contributed by atoms with E-state index in [0.29, 0.717) is 19.6 Å². The number of benzene rings is 2. The third-order valence-corrected chi connectivity index (χ3v) is 3.68. The van der Waals surface area contributed by atoms with E-state index in [1.54, 1.807) is 7.05 Å². The second-order valence-corrected chi connectivity index (χ2v) is 5.27. The first kappa shape index (κ1) is 12.7. The lowest BCUT2D eigenvalue weighted by atomic mass is 9.93. The Kier molecular flexibility index (Phi) is 4.33. The highest BCUT2D eigenvalue weighted by atomic mass is 35.5. The van der Waals surface area contributed by atoms with E-state index in [0.717, 1.165) is 28.0 Å². The Morgan fingerprint density at radius 3 is 2.68 bits per heavy atom. The van der Waals surface area contributed by atoms with Crippen molar-refractivity contribution < 1.29 is 8.85 Å². The van der Waals surface area contributed by atoms with Crippen LogP contribution in [0.15, 0.2) is 54.6 Å². The summed E-state index contributed by atoms with van der Waals surface area (Å²) in [6, 6.07) is 16.2. The van der Waals surface area contributed by atoms with Crippen molar-refractivity contribution in [2.24, 2.45) is 0 Å². The number of hydrogen-bond acceptors (Lipinski definition) is 2. The number of halogens is 1. The van der Waals surface area contributed by atoms with Gasteiger partial charge in [-0.05, 0) is 43.2 Å². The van der Waals surface area contributed by atoms with E-state index in [2.05, 4.69) is 24.3 Å². The molecule has 0 atom stereocenters. The van der Waals surface area contributed by atoms with Gasteiger partial charge in [0, 0.05) is 16.2 Å². The van der Waals surface area contributed by atoms with Gasteiger partial charge in [-0.3, -0.25) is 0 Å². The molecule has 0 spiro atoms. The Morgan fingerprint density at radius 2 is 1.86 bits per heavy atom. The molecule has 3 rings (SSSR count). The quantitative estimate of drug-likeness (QED) is 0.778. The minimum Gasteiger partial charge on any atom is -0.488 e. The van der Waals surface area contributed by atoms with E-state index in [1.165, 1.54) is 4.90 Å². The third kappa shape index (κ3) is 3.52. The number of nitrogens with zero attached hydrogens (tertiary/aromatic N) is 1. The Labute approximate surface area is 143 Å². The van der Waals surface area contributed by atoms with Crippen molar-refractivity contribution in [2.75, 3.05) is 20.6 Å². The van der Waals surface area contributed by atoms with Gasteiger partial charge in [-0.15, -0.1) is 12.4 Å². The number of para-hydroxylation sites is 1. The summed E-state index contributed by atoms with van der Waals surface area (Å²) in [6.45, 7) is -1.04. The smallest absolute Gasteiger partial charge is 0.127 e. The monoisotopic (exact) mass is 319 g/mol. The average molecular weight is 320 g/mol. The molecule has 0 saturated heterocycles. The molecule has 0 aromatic heterocycles. The molecule has 0 bridgehead atoms. The molecule has 0 unspecified atom stereocenters. The van der Waals surface area contributed by atoms with E-state index in [4.69, 9.17) is 8.85 Å². The van der Waals surface area contributed by atoms with E-state index < -0.39 is 6.98 Å². The highest BCUT2D eigenvalue weighted by molar-refractivity contribution is 5.85. The van der Waals surface area contributed by atoms with Gasteiger partial charge in [0.1, 0.15) is 12.4 Å². The fraction of sp³-hybridized carbons (Fsp3) is 0.263. The van der Waals surface area contributed by atoms with E-state index in [1.807, 2.05) is 30.3 Å². The van der Waals surface area contributed by atoms with Crippen LogP contribution in [-0.2, 0) is 6.61 Å². The number of fused-ring (bicyclic) bond motifs is 2. The molecule has 22 heavy (non-hydrogen) atoms. The highest BCUT2D eigenvalue weighted by Crippen LogP contribution is 2.36. The van der Waals surface area contributed by atoms with Gasteiger partial charge < -0.3 is 9.64 Å². The molecule has 2 aromatic rings. The summed E-state index contributed by atoms with van der Waals surface area (Å²) < 4.78 is 28.3. The zero-order valence-electron chi connectivity index (χ0n) is 15.6. The van der Waals surface area contributed by atoms with Crippen LogP contribution in [0.2, 0.25) is 0 Å². The molecule has 0 N–H and O–H groups in total. The lowest BCUT2D eigenvalue weighted by Gasteiger charge is -2.12. The van der Waals surface area contributed by atoms with Crippen molar-refractivity contribution >= 4 is 18.0 Å². The second kappa shape index (κ2) is 7.48. The summed E-state index contributed by atoms with van der Waals surface area (Å²) in [7, 11) is 1.63. The van der Waals surface area contributed by atoms with Crippen molar-refractivity contribution in [3.8, 4) is 5.75 Å². The summed E-state index contributed by atoms with van der Waals surface area (Å²) in [5.74, 6) is 0.865. The maximum absolute atomic E-state index is 7.45.